The van der Waals surface area contributed by atoms with Crippen LogP contribution in [0, 0.1) is 11.8 Å². The van der Waals surface area contributed by atoms with Gasteiger partial charge in [0.2, 0.25) is 0 Å². The minimum atomic E-state index is 0.652. The first-order valence-corrected chi connectivity index (χ1v) is 6.35. The van der Waals surface area contributed by atoms with Crippen LogP contribution in [-0.4, -0.2) is 21.2 Å². The molecule has 2 N–H and O–H groups in total. The molecule has 0 amide bonds. The molecular weight excluding hydrogens is 200 g/mol. The molecule has 0 aliphatic heterocycles. The number of hydrogen-bond donors (Lipinski definition) is 2. The number of nitrogens with zero attached hydrogens (tertiary/aromatic N) is 2. The van der Waals surface area contributed by atoms with Gasteiger partial charge in [-0.05, 0) is 24.7 Å². The normalized spacial score (nSPS) is 26.2. The third-order valence-electron chi connectivity index (χ3n) is 3.67. The zero-order valence-corrected chi connectivity index (χ0v) is 10.2. The summed E-state index contributed by atoms with van der Waals surface area (Å²) >= 11 is 0. The Bertz CT molecular complexity index is 294. The molecule has 1 heterocycles. The van der Waals surface area contributed by atoms with Crippen LogP contribution < -0.4 is 5.32 Å². The molecule has 0 saturated heterocycles. The highest BCUT2D eigenvalue weighted by Gasteiger charge is 2.26. The number of aromatic amines is 1. The van der Waals surface area contributed by atoms with E-state index >= 15 is 0 Å². The van der Waals surface area contributed by atoms with Gasteiger partial charge in [-0.25, -0.2) is 4.98 Å². The summed E-state index contributed by atoms with van der Waals surface area (Å²) in [5, 5.41) is 10.4. The SMILES string of the molecule is CC(C)C1CCCCC1NCc1ncn[nH]1. The van der Waals surface area contributed by atoms with Crippen LogP contribution in [-0.2, 0) is 6.54 Å². The van der Waals surface area contributed by atoms with E-state index in [1.807, 2.05) is 0 Å². The first-order valence-electron chi connectivity index (χ1n) is 6.35. The lowest BCUT2D eigenvalue weighted by Crippen LogP contribution is -2.40. The molecule has 2 unspecified atom stereocenters. The molecule has 1 aromatic rings. The predicted octanol–water partition coefficient (Wildman–Crippen LogP) is 2.11. The highest BCUT2D eigenvalue weighted by molar-refractivity contribution is 4.86. The van der Waals surface area contributed by atoms with Gasteiger partial charge >= 0.3 is 0 Å². The minimum Gasteiger partial charge on any atom is -0.307 e. The van der Waals surface area contributed by atoms with Crippen LogP contribution in [0.2, 0.25) is 0 Å². The Kier molecular flexibility index (Phi) is 3.93. The molecule has 16 heavy (non-hydrogen) atoms. The summed E-state index contributed by atoms with van der Waals surface area (Å²) in [5.41, 5.74) is 0. The van der Waals surface area contributed by atoms with Gasteiger partial charge in [-0.15, -0.1) is 0 Å². The topological polar surface area (TPSA) is 53.6 Å². The quantitative estimate of drug-likeness (QED) is 0.820. The first-order chi connectivity index (χ1) is 7.77. The summed E-state index contributed by atoms with van der Waals surface area (Å²) in [4.78, 5) is 4.14. The fraction of sp³-hybridized carbons (Fsp3) is 0.833. The second-order valence-electron chi connectivity index (χ2n) is 5.11. The van der Waals surface area contributed by atoms with Crippen molar-refractivity contribution < 1.29 is 0 Å². The summed E-state index contributed by atoms with van der Waals surface area (Å²) in [6.45, 7) is 5.48. The van der Waals surface area contributed by atoms with Crippen LogP contribution in [0.25, 0.3) is 0 Å². The molecule has 1 fully saturated rings. The lowest BCUT2D eigenvalue weighted by molar-refractivity contribution is 0.204. The summed E-state index contributed by atoms with van der Waals surface area (Å²) in [7, 11) is 0. The van der Waals surface area contributed by atoms with Crippen LogP contribution in [0.1, 0.15) is 45.4 Å². The largest absolute Gasteiger partial charge is 0.307 e. The van der Waals surface area contributed by atoms with E-state index in [2.05, 4.69) is 34.3 Å². The van der Waals surface area contributed by atoms with Gasteiger partial charge in [-0.1, -0.05) is 26.7 Å². The molecule has 2 atom stereocenters. The number of aromatic nitrogens is 3. The Balaban J connectivity index is 1.86. The van der Waals surface area contributed by atoms with Crippen LogP contribution >= 0.6 is 0 Å². The molecule has 0 spiro atoms. The summed E-state index contributed by atoms with van der Waals surface area (Å²) in [6, 6.07) is 0.652. The molecule has 90 valence electrons. The minimum absolute atomic E-state index is 0.652. The van der Waals surface area contributed by atoms with Crippen molar-refractivity contribution in [1.29, 1.82) is 0 Å². The van der Waals surface area contributed by atoms with Crippen molar-refractivity contribution in [3.8, 4) is 0 Å². The van der Waals surface area contributed by atoms with Crippen molar-refractivity contribution in [1.82, 2.24) is 20.5 Å². The average molecular weight is 222 g/mol. The molecule has 4 heteroatoms. The van der Waals surface area contributed by atoms with Crippen molar-refractivity contribution in [2.24, 2.45) is 11.8 Å². The van der Waals surface area contributed by atoms with Gasteiger partial charge in [-0.2, -0.15) is 5.10 Å². The van der Waals surface area contributed by atoms with Gasteiger partial charge in [0.05, 0.1) is 6.54 Å². The third-order valence-corrected chi connectivity index (χ3v) is 3.67. The lowest BCUT2D eigenvalue weighted by atomic mass is 9.78. The second kappa shape index (κ2) is 5.43. The van der Waals surface area contributed by atoms with Gasteiger partial charge in [-0.3, -0.25) is 5.10 Å². The maximum atomic E-state index is 4.14. The van der Waals surface area contributed by atoms with Crippen molar-refractivity contribution >= 4 is 0 Å². The summed E-state index contributed by atoms with van der Waals surface area (Å²) in [6.07, 6.45) is 6.99. The molecule has 1 aliphatic carbocycles. The van der Waals surface area contributed by atoms with Gasteiger partial charge < -0.3 is 5.32 Å². The van der Waals surface area contributed by atoms with Crippen molar-refractivity contribution in [3.63, 3.8) is 0 Å². The van der Waals surface area contributed by atoms with Crippen LogP contribution in [0.3, 0.4) is 0 Å². The Morgan fingerprint density at radius 3 is 2.94 bits per heavy atom. The van der Waals surface area contributed by atoms with E-state index in [4.69, 9.17) is 0 Å². The van der Waals surface area contributed by atoms with Gasteiger partial charge in [0.25, 0.3) is 0 Å². The van der Waals surface area contributed by atoms with Crippen molar-refractivity contribution in [2.75, 3.05) is 0 Å². The van der Waals surface area contributed by atoms with Gasteiger partial charge in [0, 0.05) is 6.04 Å². The molecule has 1 aromatic heterocycles. The second-order valence-corrected chi connectivity index (χ2v) is 5.11. The molecule has 1 saturated carbocycles. The summed E-state index contributed by atoms with van der Waals surface area (Å²) < 4.78 is 0. The zero-order chi connectivity index (χ0) is 11.4. The fourth-order valence-electron chi connectivity index (χ4n) is 2.75. The van der Waals surface area contributed by atoms with Gasteiger partial charge in [0.1, 0.15) is 12.2 Å². The van der Waals surface area contributed by atoms with E-state index in [0.717, 1.165) is 24.2 Å². The van der Waals surface area contributed by atoms with Crippen LogP contribution in [0.4, 0.5) is 0 Å². The monoisotopic (exact) mass is 222 g/mol. The molecule has 4 nitrogen and oxygen atoms in total. The smallest absolute Gasteiger partial charge is 0.138 e. The van der Waals surface area contributed by atoms with Crippen LogP contribution in [0.5, 0.6) is 0 Å². The maximum Gasteiger partial charge on any atom is 0.138 e. The van der Waals surface area contributed by atoms with Crippen molar-refractivity contribution in [2.45, 2.75) is 52.1 Å². The summed E-state index contributed by atoms with van der Waals surface area (Å²) in [5.74, 6) is 2.53. The number of nitrogens with one attached hydrogen (secondary N) is 2. The number of H-pyrrole nitrogens is 1. The van der Waals surface area contributed by atoms with Crippen molar-refractivity contribution in [3.05, 3.63) is 12.2 Å². The van der Waals surface area contributed by atoms with E-state index in [1.54, 1.807) is 6.33 Å². The average Bonchev–Trinajstić information content (AvgIpc) is 2.79. The Morgan fingerprint density at radius 1 is 1.44 bits per heavy atom. The highest BCUT2D eigenvalue weighted by atomic mass is 15.2. The Labute approximate surface area is 97.2 Å². The third kappa shape index (κ3) is 2.82. The predicted molar refractivity (Wildman–Crippen MR) is 63.8 cm³/mol. The van der Waals surface area contributed by atoms with E-state index in [9.17, 15) is 0 Å². The van der Waals surface area contributed by atoms with Gasteiger partial charge in [0.15, 0.2) is 0 Å². The Morgan fingerprint density at radius 2 is 2.25 bits per heavy atom. The first kappa shape index (κ1) is 11.6. The molecule has 2 rings (SSSR count). The fourth-order valence-corrected chi connectivity index (χ4v) is 2.75. The zero-order valence-electron chi connectivity index (χ0n) is 10.2. The maximum absolute atomic E-state index is 4.14. The molecule has 1 aliphatic rings. The molecule has 0 bridgehead atoms. The Hall–Kier alpha value is -0.900. The number of hydrogen-bond acceptors (Lipinski definition) is 3. The lowest BCUT2D eigenvalue weighted by Gasteiger charge is -2.34. The molecule has 0 radical (unpaired) electrons. The van der Waals surface area contributed by atoms with E-state index in [1.165, 1.54) is 25.7 Å². The molecular formula is C12H22N4. The molecule has 0 aromatic carbocycles. The van der Waals surface area contributed by atoms with E-state index < -0.39 is 0 Å². The standard InChI is InChI=1S/C12H22N4/c1-9(2)10-5-3-4-6-11(10)13-7-12-14-8-15-16-12/h8-11,13H,3-7H2,1-2H3,(H,14,15,16). The number of rotatable bonds is 4. The van der Waals surface area contributed by atoms with E-state index in [0.29, 0.717) is 6.04 Å². The van der Waals surface area contributed by atoms with Crippen LogP contribution in [0.15, 0.2) is 6.33 Å². The van der Waals surface area contributed by atoms with E-state index in [-0.39, 0.29) is 0 Å². The highest BCUT2D eigenvalue weighted by Crippen LogP contribution is 2.30.